The monoisotopic (exact) mass is 281 g/mol. The largest absolute Gasteiger partial charge is 0.310 e. The molecular weight excluding hydrogens is 262 g/mol. The maximum Gasteiger partial charge on any atom is 0.264 e. The van der Waals surface area contributed by atoms with Crippen molar-refractivity contribution in [1.82, 2.24) is 5.32 Å². The van der Waals surface area contributed by atoms with Crippen molar-refractivity contribution >= 4 is 15.7 Å². The average molecular weight is 281 g/mol. The van der Waals surface area contributed by atoms with Gasteiger partial charge in [0.15, 0.2) is 0 Å². The van der Waals surface area contributed by atoms with Crippen molar-refractivity contribution in [2.75, 3.05) is 12.3 Å². The van der Waals surface area contributed by atoms with E-state index in [0.29, 0.717) is 6.42 Å². The van der Waals surface area contributed by atoms with Gasteiger partial charge in [-0.1, -0.05) is 36.4 Å². The molecule has 1 aromatic carbocycles. The molecule has 0 radical (unpaired) electrons. The molecule has 0 saturated heterocycles. The van der Waals surface area contributed by atoms with Gasteiger partial charge in [-0.25, -0.2) is 0 Å². The minimum Gasteiger partial charge on any atom is -0.310 e. The number of nitrogens with one attached hydrogen (secondary N) is 1. The summed E-state index contributed by atoms with van der Waals surface area (Å²) < 4.78 is 30.1. The second kappa shape index (κ2) is 6.32. The minimum atomic E-state index is -3.83. The molecule has 1 heterocycles. The molecular formula is C14H19NO3S. The normalized spacial score (nSPS) is 20.1. The van der Waals surface area contributed by atoms with Crippen molar-refractivity contribution in [3.05, 3.63) is 42.0 Å². The Morgan fingerprint density at radius 3 is 2.68 bits per heavy atom. The summed E-state index contributed by atoms with van der Waals surface area (Å²) in [6, 6.07) is 10.5. The van der Waals surface area contributed by atoms with Crippen molar-refractivity contribution < 1.29 is 13.0 Å². The van der Waals surface area contributed by atoms with Crippen LogP contribution in [-0.2, 0) is 10.1 Å². The van der Waals surface area contributed by atoms with E-state index < -0.39 is 10.1 Å². The van der Waals surface area contributed by atoms with E-state index in [-0.39, 0.29) is 11.8 Å². The highest BCUT2D eigenvalue weighted by Gasteiger charge is 2.16. The third-order valence-corrected chi connectivity index (χ3v) is 4.13. The molecule has 2 N–H and O–H groups in total. The summed E-state index contributed by atoms with van der Waals surface area (Å²) in [5.74, 6) is -0.157. The van der Waals surface area contributed by atoms with E-state index in [1.165, 1.54) is 11.1 Å². The highest BCUT2D eigenvalue weighted by Crippen LogP contribution is 2.23. The van der Waals surface area contributed by atoms with Crippen LogP contribution in [0.25, 0.3) is 5.57 Å². The second-order valence-corrected chi connectivity index (χ2v) is 6.41. The second-order valence-electron chi connectivity index (χ2n) is 4.83. The van der Waals surface area contributed by atoms with Crippen LogP contribution in [0.3, 0.4) is 0 Å². The predicted octanol–water partition coefficient (Wildman–Crippen LogP) is 2.10. The van der Waals surface area contributed by atoms with Crippen molar-refractivity contribution in [2.45, 2.75) is 25.3 Å². The maximum atomic E-state index is 10.7. The molecule has 1 aliphatic rings. The summed E-state index contributed by atoms with van der Waals surface area (Å²) in [6.45, 7) is 0.806. The summed E-state index contributed by atoms with van der Waals surface area (Å²) in [5, 5.41) is 3.35. The number of rotatable bonds is 5. The SMILES string of the molecule is O=S(=O)(O)CCCC1CC(c2ccccc2)=CCN1. The zero-order valence-corrected chi connectivity index (χ0v) is 11.6. The standard InChI is InChI=1S/C14H19NO3S/c16-19(17,18)10-4-7-14-11-13(8-9-15-14)12-5-2-1-3-6-12/h1-3,5-6,8,14-15H,4,7,9-11H2,(H,16,17,18). The lowest BCUT2D eigenvalue weighted by molar-refractivity contribution is 0.466. The van der Waals surface area contributed by atoms with Gasteiger partial charge in [-0.2, -0.15) is 8.42 Å². The fourth-order valence-corrected chi connectivity index (χ4v) is 2.91. The van der Waals surface area contributed by atoms with Gasteiger partial charge in [-0.3, -0.25) is 4.55 Å². The van der Waals surface area contributed by atoms with Gasteiger partial charge in [0.25, 0.3) is 10.1 Å². The third-order valence-electron chi connectivity index (χ3n) is 3.32. The molecule has 1 atom stereocenters. The molecule has 0 amide bonds. The van der Waals surface area contributed by atoms with E-state index in [9.17, 15) is 8.42 Å². The molecule has 104 valence electrons. The van der Waals surface area contributed by atoms with Crippen LogP contribution in [0.15, 0.2) is 36.4 Å². The van der Waals surface area contributed by atoms with Crippen molar-refractivity contribution in [3.63, 3.8) is 0 Å². The molecule has 0 fully saturated rings. The Bertz CT molecular complexity index is 537. The summed E-state index contributed by atoms with van der Waals surface area (Å²) in [6.07, 6.45) is 4.31. The highest BCUT2D eigenvalue weighted by molar-refractivity contribution is 7.85. The van der Waals surface area contributed by atoms with E-state index in [4.69, 9.17) is 4.55 Å². The lowest BCUT2D eigenvalue weighted by Gasteiger charge is -2.24. The zero-order chi connectivity index (χ0) is 13.7. The van der Waals surface area contributed by atoms with E-state index in [1.807, 2.05) is 18.2 Å². The van der Waals surface area contributed by atoms with Crippen molar-refractivity contribution in [2.24, 2.45) is 0 Å². The minimum absolute atomic E-state index is 0.157. The van der Waals surface area contributed by atoms with Crippen molar-refractivity contribution in [3.8, 4) is 0 Å². The molecule has 0 aromatic heterocycles. The zero-order valence-electron chi connectivity index (χ0n) is 10.7. The lowest BCUT2D eigenvalue weighted by atomic mass is 9.93. The van der Waals surface area contributed by atoms with Crippen LogP contribution in [0.5, 0.6) is 0 Å². The van der Waals surface area contributed by atoms with Crippen molar-refractivity contribution in [1.29, 1.82) is 0 Å². The van der Waals surface area contributed by atoms with E-state index in [0.717, 1.165) is 19.4 Å². The molecule has 1 aliphatic heterocycles. The molecule has 0 spiro atoms. The van der Waals surface area contributed by atoms with Crippen LogP contribution in [0, 0.1) is 0 Å². The number of hydrogen-bond acceptors (Lipinski definition) is 3. The number of hydrogen-bond donors (Lipinski definition) is 2. The van der Waals surface area contributed by atoms with Crippen LogP contribution in [-0.4, -0.2) is 31.3 Å². The first kappa shape index (κ1) is 14.2. The Hall–Kier alpha value is -1.17. The van der Waals surface area contributed by atoms with Crippen LogP contribution in [0.1, 0.15) is 24.8 Å². The molecule has 19 heavy (non-hydrogen) atoms. The van der Waals surface area contributed by atoms with Crippen LogP contribution >= 0.6 is 0 Å². The van der Waals surface area contributed by atoms with E-state index in [1.54, 1.807) is 0 Å². The molecule has 2 rings (SSSR count). The number of benzene rings is 1. The molecule has 0 bridgehead atoms. The van der Waals surface area contributed by atoms with Gasteiger partial charge in [-0.15, -0.1) is 0 Å². The Balaban J connectivity index is 1.89. The molecule has 1 aromatic rings. The van der Waals surface area contributed by atoms with Crippen LogP contribution in [0.4, 0.5) is 0 Å². The third kappa shape index (κ3) is 4.78. The summed E-state index contributed by atoms with van der Waals surface area (Å²) in [4.78, 5) is 0. The Labute approximate surface area is 114 Å². The first-order chi connectivity index (χ1) is 9.04. The molecule has 5 heteroatoms. The first-order valence-electron chi connectivity index (χ1n) is 6.47. The Kier molecular flexibility index (Phi) is 4.74. The lowest BCUT2D eigenvalue weighted by Crippen LogP contribution is -2.33. The molecule has 4 nitrogen and oxygen atoms in total. The van der Waals surface area contributed by atoms with Gasteiger partial charge < -0.3 is 5.32 Å². The van der Waals surface area contributed by atoms with Gasteiger partial charge in [0, 0.05) is 12.6 Å². The van der Waals surface area contributed by atoms with Gasteiger partial charge in [0.05, 0.1) is 5.75 Å². The summed E-state index contributed by atoms with van der Waals surface area (Å²) in [7, 11) is -3.83. The average Bonchev–Trinajstić information content (AvgIpc) is 2.39. The fraction of sp³-hybridized carbons (Fsp3) is 0.429. The van der Waals surface area contributed by atoms with Crippen LogP contribution < -0.4 is 5.32 Å². The summed E-state index contributed by atoms with van der Waals surface area (Å²) >= 11 is 0. The predicted molar refractivity (Wildman–Crippen MR) is 76.5 cm³/mol. The van der Waals surface area contributed by atoms with Gasteiger partial charge in [0.1, 0.15) is 0 Å². The molecule has 0 aliphatic carbocycles. The smallest absolute Gasteiger partial charge is 0.264 e. The fourth-order valence-electron chi connectivity index (χ4n) is 2.37. The van der Waals surface area contributed by atoms with Crippen LogP contribution in [0.2, 0.25) is 0 Å². The van der Waals surface area contributed by atoms with E-state index >= 15 is 0 Å². The highest BCUT2D eigenvalue weighted by atomic mass is 32.2. The molecule has 1 unspecified atom stereocenters. The molecule has 0 saturated carbocycles. The first-order valence-corrected chi connectivity index (χ1v) is 8.08. The summed E-state index contributed by atoms with van der Waals surface area (Å²) in [5.41, 5.74) is 2.53. The maximum absolute atomic E-state index is 10.7. The quantitative estimate of drug-likeness (QED) is 0.811. The van der Waals surface area contributed by atoms with Gasteiger partial charge >= 0.3 is 0 Å². The topological polar surface area (TPSA) is 66.4 Å². The van der Waals surface area contributed by atoms with Gasteiger partial charge in [-0.05, 0) is 30.4 Å². The Morgan fingerprint density at radius 2 is 2.00 bits per heavy atom. The van der Waals surface area contributed by atoms with Gasteiger partial charge in [0.2, 0.25) is 0 Å². The Morgan fingerprint density at radius 1 is 1.26 bits per heavy atom. The van der Waals surface area contributed by atoms with E-state index in [2.05, 4.69) is 23.5 Å².